The molecule has 0 heterocycles. The molecular formula is C93H62. The van der Waals surface area contributed by atoms with Crippen molar-refractivity contribution in [1.29, 1.82) is 0 Å². The highest BCUT2D eigenvalue weighted by atomic mass is 14.6. The molecule has 0 unspecified atom stereocenters. The molecule has 0 fully saturated rings. The minimum atomic E-state index is -0.758. The molecular weight excluding hydrogens is 1120 g/mol. The van der Waals surface area contributed by atoms with Crippen LogP contribution in [0.3, 0.4) is 0 Å². The maximum Gasteiger partial charge on any atom is 0.0725 e. The minimum absolute atomic E-state index is 0.497. The zero-order valence-corrected chi connectivity index (χ0v) is 51.6. The molecule has 0 aromatic heterocycles. The van der Waals surface area contributed by atoms with Crippen molar-refractivity contribution >= 4 is 0 Å². The third kappa shape index (κ3) is 8.53. The Labute approximate surface area is 544 Å². The van der Waals surface area contributed by atoms with Crippen LogP contribution in [0.25, 0.3) is 122 Å². The average Bonchev–Trinajstić information content (AvgIpc) is 1.49. The van der Waals surface area contributed by atoms with Crippen molar-refractivity contribution in [1.82, 2.24) is 0 Å². The van der Waals surface area contributed by atoms with Gasteiger partial charge in [0.1, 0.15) is 0 Å². The molecule has 0 atom stereocenters. The highest BCUT2D eigenvalue weighted by Crippen LogP contribution is 2.68. The number of fused-ring (bicyclic) bond motifs is 14. The van der Waals surface area contributed by atoms with Gasteiger partial charge in [0.05, 0.1) is 10.8 Å². The van der Waals surface area contributed by atoms with Crippen molar-refractivity contribution in [3.63, 3.8) is 0 Å². The molecule has 0 amide bonds. The van der Waals surface area contributed by atoms with Gasteiger partial charge < -0.3 is 0 Å². The first-order valence-corrected chi connectivity index (χ1v) is 32.5. The number of hydrogen-bond acceptors (Lipinski definition) is 0. The van der Waals surface area contributed by atoms with Crippen LogP contribution in [0.2, 0.25) is 0 Å². The molecule has 0 aliphatic heterocycles. The molecule has 0 nitrogen and oxygen atoms in total. The van der Waals surface area contributed by atoms with Crippen molar-refractivity contribution in [3.8, 4) is 122 Å². The predicted molar refractivity (Wildman–Crippen MR) is 388 cm³/mol. The van der Waals surface area contributed by atoms with Crippen LogP contribution >= 0.6 is 0 Å². The van der Waals surface area contributed by atoms with E-state index in [0.29, 0.717) is 0 Å². The fraction of sp³-hybridized carbons (Fsp3) is 0.0323. The summed E-state index contributed by atoms with van der Waals surface area (Å²) in [7, 11) is 0. The largest absolute Gasteiger partial charge is 0.0725 e. The van der Waals surface area contributed by atoms with E-state index >= 15 is 0 Å². The second-order valence-corrected chi connectivity index (χ2v) is 25.4. The molecule has 0 bridgehead atoms. The summed E-state index contributed by atoms with van der Waals surface area (Å²) in [5, 5.41) is 0. The van der Waals surface area contributed by atoms with Gasteiger partial charge in [-0.2, -0.15) is 0 Å². The third-order valence-corrected chi connectivity index (χ3v) is 20.4. The van der Waals surface area contributed by atoms with Crippen LogP contribution in [0, 0.1) is 6.92 Å². The van der Waals surface area contributed by atoms with Crippen molar-refractivity contribution in [2.45, 2.75) is 17.8 Å². The molecule has 1 spiro atoms. The Hall–Kier alpha value is -11.7. The highest BCUT2D eigenvalue weighted by molar-refractivity contribution is 6.05. The molecule has 18 rings (SSSR count). The van der Waals surface area contributed by atoms with E-state index in [1.807, 2.05) is 0 Å². The molecule has 0 saturated heterocycles. The molecule has 3 aliphatic rings. The minimum Gasteiger partial charge on any atom is -0.0622 e. The quantitative estimate of drug-likeness (QED) is 0.128. The van der Waals surface area contributed by atoms with E-state index in [9.17, 15) is 0 Å². The average molecular weight is 1180 g/mol. The first-order chi connectivity index (χ1) is 46.0. The van der Waals surface area contributed by atoms with E-state index in [0.717, 1.165) is 0 Å². The van der Waals surface area contributed by atoms with Gasteiger partial charge in [0, 0.05) is 0 Å². The van der Waals surface area contributed by atoms with Gasteiger partial charge in [0.25, 0.3) is 0 Å². The van der Waals surface area contributed by atoms with Gasteiger partial charge in [-0.05, 0) is 240 Å². The molecule has 3 aliphatic carbocycles. The fourth-order valence-electron chi connectivity index (χ4n) is 16.4. The van der Waals surface area contributed by atoms with Crippen LogP contribution in [-0.4, -0.2) is 0 Å². The van der Waals surface area contributed by atoms with E-state index in [-0.39, 0.29) is 0 Å². The Morgan fingerprint density at radius 2 is 0.430 bits per heavy atom. The van der Waals surface area contributed by atoms with E-state index in [1.165, 1.54) is 172 Å². The molecule has 15 aromatic rings. The summed E-state index contributed by atoms with van der Waals surface area (Å²) in [5.41, 5.74) is 37.3. The Kier molecular flexibility index (Phi) is 12.7. The summed E-state index contributed by atoms with van der Waals surface area (Å²) in [4.78, 5) is 0. The molecule has 434 valence electrons. The summed E-state index contributed by atoms with van der Waals surface area (Å²) in [6, 6.07) is 135. The van der Waals surface area contributed by atoms with Gasteiger partial charge in [0.2, 0.25) is 0 Å². The monoisotopic (exact) mass is 1180 g/mol. The lowest BCUT2D eigenvalue weighted by Crippen LogP contribution is -2.29. The Morgan fingerprint density at radius 3 is 0.849 bits per heavy atom. The molecule has 0 saturated carbocycles. The lowest BCUT2D eigenvalue weighted by molar-refractivity contribution is 0.764. The zero-order chi connectivity index (χ0) is 61.6. The summed E-state index contributed by atoms with van der Waals surface area (Å²) in [6.07, 6.45) is 0. The van der Waals surface area contributed by atoms with Crippen LogP contribution in [0.5, 0.6) is 0 Å². The van der Waals surface area contributed by atoms with Crippen molar-refractivity contribution in [2.24, 2.45) is 0 Å². The van der Waals surface area contributed by atoms with E-state index in [2.05, 4.69) is 365 Å². The summed E-state index contributed by atoms with van der Waals surface area (Å²) in [5.74, 6) is 0. The van der Waals surface area contributed by atoms with Gasteiger partial charge in [0.15, 0.2) is 0 Å². The number of hydrogen-bond donors (Lipinski definition) is 0. The van der Waals surface area contributed by atoms with E-state index in [4.69, 9.17) is 0 Å². The Balaban J connectivity index is 0.856. The molecule has 0 heteroatoms. The third-order valence-electron chi connectivity index (χ3n) is 20.4. The summed E-state index contributed by atoms with van der Waals surface area (Å²) in [6.45, 7) is 2.34. The van der Waals surface area contributed by atoms with Crippen LogP contribution in [-0.2, 0) is 10.8 Å². The number of benzene rings is 15. The SMILES string of the molecule is Cc1cccc2c1-c1c(ccc3c1-c1ccccc1C31c3ccccc3-c3ccccc31)C2(c1cccc(-c2cccc(-c3cc(-c4ccccc4)cc(-c4ccccc4)c3)c2)c1)c1cccc(-c2cccc(-c3cc(-c4ccccc4)cc(-c4ccccc4)c3)c2)c1. The maximum absolute atomic E-state index is 2.54. The summed E-state index contributed by atoms with van der Waals surface area (Å²) >= 11 is 0. The smallest absolute Gasteiger partial charge is 0.0622 e. The van der Waals surface area contributed by atoms with Crippen molar-refractivity contribution < 1.29 is 0 Å². The van der Waals surface area contributed by atoms with Crippen LogP contribution in [0.4, 0.5) is 0 Å². The molecule has 93 heavy (non-hydrogen) atoms. The topological polar surface area (TPSA) is 0 Å². The zero-order valence-electron chi connectivity index (χ0n) is 51.6. The maximum atomic E-state index is 2.54. The Morgan fingerprint density at radius 1 is 0.161 bits per heavy atom. The van der Waals surface area contributed by atoms with Crippen LogP contribution in [0.1, 0.15) is 50.1 Å². The number of rotatable bonds is 10. The fourth-order valence-corrected chi connectivity index (χ4v) is 16.4. The van der Waals surface area contributed by atoms with Gasteiger partial charge in [-0.15, -0.1) is 0 Å². The van der Waals surface area contributed by atoms with Crippen LogP contribution in [0.15, 0.2) is 358 Å². The normalized spacial score (nSPS) is 13.2. The lowest BCUT2D eigenvalue weighted by atomic mass is 9.66. The van der Waals surface area contributed by atoms with Crippen molar-refractivity contribution in [3.05, 3.63) is 408 Å². The predicted octanol–water partition coefficient (Wildman–Crippen LogP) is 24.0. The second-order valence-electron chi connectivity index (χ2n) is 25.4. The van der Waals surface area contributed by atoms with Gasteiger partial charge in [-0.25, -0.2) is 0 Å². The molecule has 0 radical (unpaired) electrons. The van der Waals surface area contributed by atoms with Gasteiger partial charge in [-0.1, -0.05) is 297 Å². The van der Waals surface area contributed by atoms with E-state index < -0.39 is 10.8 Å². The first kappa shape index (κ1) is 54.3. The molecule has 0 N–H and O–H groups in total. The van der Waals surface area contributed by atoms with Crippen molar-refractivity contribution in [2.75, 3.05) is 0 Å². The van der Waals surface area contributed by atoms with Gasteiger partial charge in [-0.3, -0.25) is 0 Å². The van der Waals surface area contributed by atoms with E-state index in [1.54, 1.807) is 0 Å². The lowest BCUT2D eigenvalue weighted by Gasteiger charge is -2.35. The standard InChI is InChI=1S/C93H62/c1-61-25-20-48-86-89(61)91-88(50-49-87-90(91)82-44-16-19-47-85(82)93(87)83-45-17-14-42-80(83)81-43-15-18-46-84(81)93)92(86,78-40-23-38-70(59-78)66-34-21-36-68(51-66)76-55-72(62-26-6-2-7-27-62)53-73(56-76)63-28-8-3-9-29-63)79-41-24-39-71(60-79)67-35-22-37-69(52-67)77-57-74(64-30-10-4-11-31-64)54-75(58-77)65-32-12-5-13-33-65/h2-60H,1H3. The van der Waals surface area contributed by atoms with Gasteiger partial charge >= 0.3 is 0 Å². The second kappa shape index (κ2) is 21.8. The first-order valence-electron chi connectivity index (χ1n) is 32.5. The Bertz CT molecular complexity index is 5060. The highest BCUT2D eigenvalue weighted by Gasteiger charge is 2.55. The summed E-state index contributed by atoms with van der Waals surface area (Å²) < 4.78 is 0. The number of aryl methyl sites for hydroxylation is 1. The molecule has 15 aromatic carbocycles. The van der Waals surface area contributed by atoms with Crippen LogP contribution < -0.4 is 0 Å².